The second kappa shape index (κ2) is 7.37. The van der Waals surface area contributed by atoms with Gasteiger partial charge in [-0.1, -0.05) is 12.8 Å². The molecule has 2 fully saturated rings. The van der Waals surface area contributed by atoms with Crippen LogP contribution in [0.1, 0.15) is 52.0 Å². The highest BCUT2D eigenvalue weighted by molar-refractivity contribution is 5.97. The van der Waals surface area contributed by atoms with Crippen molar-refractivity contribution in [2.45, 2.75) is 58.0 Å². The maximum Gasteiger partial charge on any atom is 0.261 e. The Morgan fingerprint density at radius 1 is 1.25 bits per heavy atom. The van der Waals surface area contributed by atoms with Gasteiger partial charge in [0.15, 0.2) is 0 Å². The number of fused-ring (bicyclic) bond motifs is 2. The lowest BCUT2D eigenvalue weighted by Crippen LogP contribution is -2.53. The summed E-state index contributed by atoms with van der Waals surface area (Å²) in [5.41, 5.74) is 1.04. The van der Waals surface area contributed by atoms with E-state index < -0.39 is 0 Å². The number of nitrogens with one attached hydrogen (secondary N) is 2. The predicted molar refractivity (Wildman–Crippen MR) is 107 cm³/mol. The van der Waals surface area contributed by atoms with Crippen molar-refractivity contribution >= 4 is 28.4 Å². The average molecular weight is 382 g/mol. The van der Waals surface area contributed by atoms with Crippen molar-refractivity contribution in [1.29, 1.82) is 0 Å². The number of carbonyl (C=O) groups excluding carboxylic acids is 2. The molecule has 3 atom stereocenters. The van der Waals surface area contributed by atoms with E-state index in [4.69, 9.17) is 0 Å². The van der Waals surface area contributed by atoms with E-state index in [0.717, 1.165) is 25.7 Å². The molecule has 2 amide bonds. The molecule has 0 radical (unpaired) electrons. The molecule has 1 aliphatic heterocycles. The Bertz CT molecular complexity index is 981. The molecule has 1 saturated carbocycles. The number of hydrogen-bond acceptors (Lipinski definition) is 4. The fourth-order valence-electron chi connectivity index (χ4n) is 4.54. The number of anilines is 1. The summed E-state index contributed by atoms with van der Waals surface area (Å²) in [6.45, 7) is 3.85. The molecule has 2 heterocycles. The number of rotatable bonds is 3. The van der Waals surface area contributed by atoms with Gasteiger partial charge in [0.2, 0.25) is 11.8 Å². The van der Waals surface area contributed by atoms with E-state index in [-0.39, 0.29) is 47.7 Å². The molecule has 1 aromatic carbocycles. The van der Waals surface area contributed by atoms with Gasteiger partial charge in [0.25, 0.3) is 5.56 Å². The summed E-state index contributed by atoms with van der Waals surface area (Å²) in [5, 5.41) is 6.46. The summed E-state index contributed by atoms with van der Waals surface area (Å²) in [6.07, 6.45) is 5.87. The van der Waals surface area contributed by atoms with Gasteiger partial charge in [-0.25, -0.2) is 4.98 Å². The molecule has 2 aromatic rings. The van der Waals surface area contributed by atoms with Gasteiger partial charge in [0.05, 0.1) is 23.1 Å². The molecule has 0 spiro atoms. The van der Waals surface area contributed by atoms with Gasteiger partial charge in [-0.3, -0.25) is 19.0 Å². The van der Waals surface area contributed by atoms with E-state index >= 15 is 0 Å². The first kappa shape index (κ1) is 18.7. The van der Waals surface area contributed by atoms with Gasteiger partial charge in [0.1, 0.15) is 0 Å². The number of benzene rings is 1. The molecule has 148 valence electrons. The zero-order valence-electron chi connectivity index (χ0n) is 16.3. The number of carbonyl (C=O) groups is 2. The van der Waals surface area contributed by atoms with Gasteiger partial charge in [-0.2, -0.15) is 0 Å². The van der Waals surface area contributed by atoms with E-state index in [0.29, 0.717) is 16.6 Å². The first-order valence-corrected chi connectivity index (χ1v) is 10.0. The smallest absolute Gasteiger partial charge is 0.261 e. The molecular weight excluding hydrogens is 356 g/mol. The molecule has 7 heteroatoms. The first-order valence-electron chi connectivity index (χ1n) is 10.0. The molecular formula is C21H26N4O3. The summed E-state index contributed by atoms with van der Waals surface area (Å²) >= 11 is 0. The fourth-order valence-corrected chi connectivity index (χ4v) is 4.54. The maximum atomic E-state index is 13.0. The van der Waals surface area contributed by atoms with Crippen LogP contribution in [0.2, 0.25) is 0 Å². The Balaban J connectivity index is 1.60. The number of piperidine rings is 1. The molecule has 0 bridgehead atoms. The Morgan fingerprint density at radius 3 is 2.82 bits per heavy atom. The first-order chi connectivity index (χ1) is 13.4. The highest BCUT2D eigenvalue weighted by atomic mass is 16.2. The Labute approximate surface area is 163 Å². The standard InChI is InChI=1S/C21H26N4O3/c1-12(2)25-11-22-17-8-7-13(9-16(17)21(25)28)23-20(27)15-10-19(26)24-18-6-4-3-5-14(15)18/h7-9,11-12,14-15,18H,3-6,10H2,1-2H3,(H,23,27)(H,24,26). The van der Waals surface area contributed by atoms with Crippen LogP contribution in [0.3, 0.4) is 0 Å². The molecule has 4 rings (SSSR count). The minimum absolute atomic E-state index is 0.00614. The number of nitrogens with zero attached hydrogens (tertiary/aromatic N) is 2. The van der Waals surface area contributed by atoms with Crippen molar-refractivity contribution in [3.63, 3.8) is 0 Å². The third-order valence-electron chi connectivity index (χ3n) is 6.03. The van der Waals surface area contributed by atoms with Crippen molar-refractivity contribution in [3.05, 3.63) is 34.9 Å². The largest absolute Gasteiger partial charge is 0.353 e. The second-order valence-corrected chi connectivity index (χ2v) is 8.20. The zero-order chi connectivity index (χ0) is 19.8. The molecule has 1 saturated heterocycles. The maximum absolute atomic E-state index is 13.0. The Kier molecular flexibility index (Phi) is 4.91. The van der Waals surface area contributed by atoms with Crippen LogP contribution in [0.4, 0.5) is 5.69 Å². The third kappa shape index (κ3) is 3.41. The van der Waals surface area contributed by atoms with E-state index in [1.165, 1.54) is 0 Å². The normalized spacial score (nSPS) is 24.7. The van der Waals surface area contributed by atoms with Crippen molar-refractivity contribution in [2.24, 2.45) is 11.8 Å². The van der Waals surface area contributed by atoms with Crippen LogP contribution in [0.15, 0.2) is 29.3 Å². The second-order valence-electron chi connectivity index (χ2n) is 8.20. The lowest BCUT2D eigenvalue weighted by atomic mass is 9.72. The van der Waals surface area contributed by atoms with Crippen LogP contribution in [-0.4, -0.2) is 27.4 Å². The zero-order valence-corrected chi connectivity index (χ0v) is 16.3. The summed E-state index contributed by atoms with van der Waals surface area (Å²) in [5.74, 6) is -0.326. The van der Waals surface area contributed by atoms with Crippen LogP contribution in [-0.2, 0) is 9.59 Å². The highest BCUT2D eigenvalue weighted by Crippen LogP contribution is 2.36. The fraction of sp³-hybridized carbons (Fsp3) is 0.524. The van der Waals surface area contributed by atoms with Crippen molar-refractivity contribution in [2.75, 3.05) is 5.32 Å². The Morgan fingerprint density at radius 2 is 2.04 bits per heavy atom. The number of amides is 2. The average Bonchev–Trinajstić information content (AvgIpc) is 2.67. The summed E-state index contributed by atoms with van der Waals surface area (Å²) in [6, 6.07) is 5.29. The number of hydrogen-bond donors (Lipinski definition) is 2. The molecule has 7 nitrogen and oxygen atoms in total. The molecule has 1 aliphatic carbocycles. The van der Waals surface area contributed by atoms with E-state index in [9.17, 15) is 14.4 Å². The van der Waals surface area contributed by atoms with Gasteiger partial charge in [-0.05, 0) is 50.8 Å². The highest BCUT2D eigenvalue weighted by Gasteiger charge is 2.41. The topological polar surface area (TPSA) is 93.1 Å². The minimum atomic E-state index is -0.323. The molecule has 1 aromatic heterocycles. The van der Waals surface area contributed by atoms with E-state index in [2.05, 4.69) is 15.6 Å². The predicted octanol–water partition coefficient (Wildman–Crippen LogP) is 2.61. The quantitative estimate of drug-likeness (QED) is 0.853. The summed E-state index contributed by atoms with van der Waals surface area (Å²) in [7, 11) is 0. The van der Waals surface area contributed by atoms with Gasteiger partial charge < -0.3 is 10.6 Å². The van der Waals surface area contributed by atoms with Crippen LogP contribution in [0.5, 0.6) is 0 Å². The molecule has 2 aliphatic rings. The third-order valence-corrected chi connectivity index (χ3v) is 6.03. The van der Waals surface area contributed by atoms with Crippen LogP contribution < -0.4 is 16.2 Å². The molecule has 2 N–H and O–H groups in total. The van der Waals surface area contributed by atoms with Crippen LogP contribution in [0.25, 0.3) is 10.9 Å². The van der Waals surface area contributed by atoms with Crippen LogP contribution in [0, 0.1) is 11.8 Å². The summed E-state index contributed by atoms with van der Waals surface area (Å²) in [4.78, 5) is 42.1. The number of aromatic nitrogens is 2. The molecule has 28 heavy (non-hydrogen) atoms. The molecule has 3 unspecified atom stereocenters. The minimum Gasteiger partial charge on any atom is -0.353 e. The van der Waals surface area contributed by atoms with Crippen molar-refractivity contribution in [1.82, 2.24) is 14.9 Å². The van der Waals surface area contributed by atoms with Gasteiger partial charge >= 0.3 is 0 Å². The Hall–Kier alpha value is -2.70. The van der Waals surface area contributed by atoms with Crippen molar-refractivity contribution < 1.29 is 9.59 Å². The van der Waals surface area contributed by atoms with E-state index in [1.54, 1.807) is 29.1 Å². The van der Waals surface area contributed by atoms with Crippen molar-refractivity contribution in [3.8, 4) is 0 Å². The lowest BCUT2D eigenvalue weighted by Gasteiger charge is -2.40. The lowest BCUT2D eigenvalue weighted by molar-refractivity contribution is -0.134. The SMILES string of the molecule is CC(C)n1cnc2ccc(NC(=O)C3CC(=O)NC4CCCCC43)cc2c1=O. The monoisotopic (exact) mass is 382 g/mol. The van der Waals surface area contributed by atoms with Crippen LogP contribution >= 0.6 is 0 Å². The van der Waals surface area contributed by atoms with Gasteiger partial charge in [-0.15, -0.1) is 0 Å². The van der Waals surface area contributed by atoms with Gasteiger partial charge in [0, 0.05) is 24.2 Å². The summed E-state index contributed by atoms with van der Waals surface area (Å²) < 4.78 is 1.58. The van der Waals surface area contributed by atoms with E-state index in [1.807, 2.05) is 13.8 Å².